The Bertz CT molecular complexity index is 630. The van der Waals surface area contributed by atoms with E-state index in [0.717, 1.165) is 15.2 Å². The first-order chi connectivity index (χ1) is 10.1. The summed E-state index contributed by atoms with van der Waals surface area (Å²) in [5.74, 6) is -0.135. The summed E-state index contributed by atoms with van der Waals surface area (Å²) in [6.45, 7) is 0.697. The van der Waals surface area contributed by atoms with E-state index in [0.29, 0.717) is 18.5 Å². The maximum atomic E-state index is 12.1. The SMILES string of the molecule is COCC(O)CCNC(=O)c1ccc2cc(Br)ccc2c1. The monoisotopic (exact) mass is 351 g/mol. The Morgan fingerprint density at radius 1 is 1.29 bits per heavy atom. The van der Waals surface area contributed by atoms with Crippen molar-refractivity contribution in [2.75, 3.05) is 20.3 Å². The van der Waals surface area contributed by atoms with Crippen LogP contribution in [0.1, 0.15) is 16.8 Å². The van der Waals surface area contributed by atoms with Gasteiger partial charge < -0.3 is 15.2 Å². The standard InChI is InChI=1S/C16H18BrNO3/c1-21-10-15(19)6-7-18-16(20)13-3-2-12-9-14(17)5-4-11(12)8-13/h2-5,8-9,15,19H,6-7,10H2,1H3,(H,18,20). The smallest absolute Gasteiger partial charge is 0.251 e. The number of carbonyl (C=O) groups excluding carboxylic acids is 1. The van der Waals surface area contributed by atoms with Crippen LogP contribution in [0.2, 0.25) is 0 Å². The second-order valence-electron chi connectivity index (χ2n) is 4.86. The minimum atomic E-state index is -0.552. The Kier molecular flexibility index (Phi) is 5.73. The molecule has 0 saturated heterocycles. The molecule has 4 nitrogen and oxygen atoms in total. The van der Waals surface area contributed by atoms with Gasteiger partial charge in [0.2, 0.25) is 0 Å². The topological polar surface area (TPSA) is 58.6 Å². The third kappa shape index (κ3) is 4.52. The lowest BCUT2D eigenvalue weighted by atomic mass is 10.1. The Balaban J connectivity index is 1.98. The molecule has 0 bridgehead atoms. The molecule has 2 aromatic rings. The molecule has 0 aliphatic heterocycles. The molecule has 2 aromatic carbocycles. The van der Waals surface area contributed by atoms with Gasteiger partial charge in [-0.2, -0.15) is 0 Å². The number of aliphatic hydroxyl groups excluding tert-OH is 1. The normalized spacial score (nSPS) is 12.3. The van der Waals surface area contributed by atoms with Crippen LogP contribution in [0.4, 0.5) is 0 Å². The predicted molar refractivity (Wildman–Crippen MR) is 86.5 cm³/mol. The molecule has 0 spiro atoms. The molecule has 0 aliphatic carbocycles. The summed E-state index contributed by atoms with van der Waals surface area (Å²) in [5, 5.41) is 14.4. The number of aliphatic hydroxyl groups is 1. The van der Waals surface area contributed by atoms with E-state index in [1.807, 2.05) is 30.3 Å². The molecule has 0 aromatic heterocycles. The Hall–Kier alpha value is -1.43. The second kappa shape index (κ2) is 7.54. The fraction of sp³-hybridized carbons (Fsp3) is 0.312. The van der Waals surface area contributed by atoms with Gasteiger partial charge in [-0.15, -0.1) is 0 Å². The van der Waals surface area contributed by atoms with Gasteiger partial charge in [-0.25, -0.2) is 0 Å². The van der Waals surface area contributed by atoms with E-state index < -0.39 is 6.10 Å². The minimum Gasteiger partial charge on any atom is -0.391 e. The van der Waals surface area contributed by atoms with Crippen LogP contribution >= 0.6 is 15.9 Å². The summed E-state index contributed by atoms with van der Waals surface area (Å²) in [5.41, 5.74) is 0.617. The van der Waals surface area contributed by atoms with Crippen LogP contribution in [0, 0.1) is 0 Å². The number of benzene rings is 2. The van der Waals surface area contributed by atoms with Crippen LogP contribution in [0.3, 0.4) is 0 Å². The largest absolute Gasteiger partial charge is 0.391 e. The summed E-state index contributed by atoms with van der Waals surface area (Å²) in [6.07, 6.45) is -0.0793. The Labute approximate surface area is 132 Å². The van der Waals surface area contributed by atoms with E-state index in [1.165, 1.54) is 7.11 Å². The summed E-state index contributed by atoms with van der Waals surface area (Å²) < 4.78 is 5.85. The second-order valence-corrected chi connectivity index (χ2v) is 5.78. The van der Waals surface area contributed by atoms with Gasteiger partial charge in [-0.1, -0.05) is 28.1 Å². The average molecular weight is 352 g/mol. The van der Waals surface area contributed by atoms with Crippen LogP contribution in [-0.4, -0.2) is 37.4 Å². The van der Waals surface area contributed by atoms with Crippen molar-refractivity contribution in [1.29, 1.82) is 0 Å². The zero-order valence-electron chi connectivity index (χ0n) is 11.8. The molecule has 5 heteroatoms. The Morgan fingerprint density at radius 3 is 2.76 bits per heavy atom. The molecule has 1 amide bonds. The fourth-order valence-corrected chi connectivity index (χ4v) is 2.47. The average Bonchev–Trinajstić information content (AvgIpc) is 2.46. The minimum absolute atomic E-state index is 0.135. The van der Waals surface area contributed by atoms with Gasteiger partial charge in [0.1, 0.15) is 0 Å². The number of carbonyl (C=O) groups is 1. The van der Waals surface area contributed by atoms with Gasteiger partial charge in [0.05, 0.1) is 12.7 Å². The quantitative estimate of drug-likeness (QED) is 0.841. The van der Waals surface area contributed by atoms with Crippen molar-refractivity contribution in [3.8, 4) is 0 Å². The number of nitrogens with one attached hydrogen (secondary N) is 1. The number of methoxy groups -OCH3 is 1. The first-order valence-electron chi connectivity index (χ1n) is 6.74. The van der Waals surface area contributed by atoms with Crippen molar-refractivity contribution in [2.24, 2.45) is 0 Å². The first-order valence-corrected chi connectivity index (χ1v) is 7.54. The number of halogens is 1. The van der Waals surface area contributed by atoms with Gasteiger partial charge in [-0.05, 0) is 41.5 Å². The molecular weight excluding hydrogens is 334 g/mol. The zero-order valence-corrected chi connectivity index (χ0v) is 13.4. The molecular formula is C16H18BrNO3. The lowest BCUT2D eigenvalue weighted by Gasteiger charge is -2.10. The lowest BCUT2D eigenvalue weighted by molar-refractivity contribution is 0.0587. The van der Waals surface area contributed by atoms with Gasteiger partial charge in [-0.3, -0.25) is 4.79 Å². The highest BCUT2D eigenvalue weighted by Crippen LogP contribution is 2.20. The number of amides is 1. The zero-order chi connectivity index (χ0) is 15.2. The van der Waals surface area contributed by atoms with Gasteiger partial charge in [0.15, 0.2) is 0 Å². The highest BCUT2D eigenvalue weighted by molar-refractivity contribution is 9.10. The summed E-state index contributed by atoms with van der Waals surface area (Å²) in [4.78, 5) is 12.1. The molecule has 1 atom stereocenters. The van der Waals surface area contributed by atoms with Crippen molar-refractivity contribution in [2.45, 2.75) is 12.5 Å². The van der Waals surface area contributed by atoms with Gasteiger partial charge in [0.25, 0.3) is 5.91 Å². The van der Waals surface area contributed by atoms with E-state index in [-0.39, 0.29) is 12.5 Å². The maximum absolute atomic E-state index is 12.1. The van der Waals surface area contributed by atoms with E-state index in [4.69, 9.17) is 4.74 Å². The van der Waals surface area contributed by atoms with Gasteiger partial charge in [0, 0.05) is 23.7 Å². The highest BCUT2D eigenvalue weighted by Gasteiger charge is 2.08. The molecule has 0 heterocycles. The van der Waals surface area contributed by atoms with E-state index in [2.05, 4.69) is 21.2 Å². The fourth-order valence-electron chi connectivity index (χ4n) is 2.09. The molecule has 0 saturated carbocycles. The molecule has 1 unspecified atom stereocenters. The van der Waals surface area contributed by atoms with Crippen LogP contribution < -0.4 is 5.32 Å². The summed E-state index contributed by atoms with van der Waals surface area (Å²) in [7, 11) is 1.54. The van der Waals surface area contributed by atoms with Crippen LogP contribution in [-0.2, 0) is 4.74 Å². The highest BCUT2D eigenvalue weighted by atomic mass is 79.9. The van der Waals surface area contributed by atoms with E-state index >= 15 is 0 Å². The van der Waals surface area contributed by atoms with Crippen molar-refractivity contribution < 1.29 is 14.6 Å². The van der Waals surface area contributed by atoms with E-state index in [1.54, 1.807) is 6.07 Å². The number of ether oxygens (including phenoxy) is 1. The molecule has 0 aliphatic rings. The summed E-state index contributed by atoms with van der Waals surface area (Å²) >= 11 is 3.43. The molecule has 112 valence electrons. The third-order valence-corrected chi connectivity index (χ3v) is 3.68. The molecule has 2 rings (SSSR count). The van der Waals surface area contributed by atoms with Crippen molar-refractivity contribution in [1.82, 2.24) is 5.32 Å². The molecule has 2 N–H and O–H groups in total. The summed E-state index contributed by atoms with van der Waals surface area (Å²) in [6, 6.07) is 11.5. The van der Waals surface area contributed by atoms with Crippen molar-refractivity contribution >= 4 is 32.6 Å². The number of hydrogen-bond donors (Lipinski definition) is 2. The lowest BCUT2D eigenvalue weighted by Crippen LogP contribution is -2.28. The third-order valence-electron chi connectivity index (χ3n) is 3.19. The molecule has 0 radical (unpaired) electrons. The van der Waals surface area contributed by atoms with E-state index in [9.17, 15) is 9.90 Å². The van der Waals surface area contributed by atoms with Crippen LogP contribution in [0.15, 0.2) is 40.9 Å². The van der Waals surface area contributed by atoms with Gasteiger partial charge >= 0.3 is 0 Å². The number of hydrogen-bond acceptors (Lipinski definition) is 3. The Morgan fingerprint density at radius 2 is 2.00 bits per heavy atom. The number of rotatable bonds is 6. The van der Waals surface area contributed by atoms with Crippen LogP contribution in [0.5, 0.6) is 0 Å². The van der Waals surface area contributed by atoms with Crippen LogP contribution in [0.25, 0.3) is 10.8 Å². The number of fused-ring (bicyclic) bond motifs is 1. The molecule has 0 fully saturated rings. The maximum Gasteiger partial charge on any atom is 0.251 e. The predicted octanol–water partition coefficient (Wildman–Crippen LogP) is 2.73. The first kappa shape index (κ1) is 15.9. The van der Waals surface area contributed by atoms with Crippen molar-refractivity contribution in [3.05, 3.63) is 46.4 Å². The van der Waals surface area contributed by atoms with Crippen molar-refractivity contribution in [3.63, 3.8) is 0 Å². The molecule has 21 heavy (non-hydrogen) atoms.